The second-order valence-electron chi connectivity index (χ2n) is 3.83. The van der Waals surface area contributed by atoms with Crippen LogP contribution in [-0.2, 0) is 0 Å². The van der Waals surface area contributed by atoms with Crippen LogP contribution in [0, 0.1) is 6.92 Å². The maximum atomic E-state index is 12.0. The molecular formula is C11H13BrN2O. The first-order valence-electron chi connectivity index (χ1n) is 5.03. The van der Waals surface area contributed by atoms with Gasteiger partial charge in [-0.05, 0) is 25.5 Å². The summed E-state index contributed by atoms with van der Waals surface area (Å²) in [5, 5.41) is 0. The van der Waals surface area contributed by atoms with Crippen molar-refractivity contribution in [1.29, 1.82) is 0 Å². The molecule has 4 heteroatoms. The third kappa shape index (κ3) is 2.37. The molecule has 2 rings (SSSR count). The van der Waals surface area contributed by atoms with Gasteiger partial charge in [0.2, 0.25) is 0 Å². The summed E-state index contributed by atoms with van der Waals surface area (Å²) < 4.78 is 0. The summed E-state index contributed by atoms with van der Waals surface area (Å²) in [6.07, 6.45) is 2.68. The summed E-state index contributed by atoms with van der Waals surface area (Å²) in [5.74, 6) is 0.0875. The Bertz CT molecular complexity index is 363. The van der Waals surface area contributed by atoms with Crippen molar-refractivity contribution in [3.63, 3.8) is 0 Å². The Morgan fingerprint density at radius 2 is 2.40 bits per heavy atom. The van der Waals surface area contributed by atoms with Gasteiger partial charge in [0.1, 0.15) is 0 Å². The number of hydrogen-bond acceptors (Lipinski definition) is 2. The number of likely N-dealkylation sites (tertiary alicyclic amines) is 1. The summed E-state index contributed by atoms with van der Waals surface area (Å²) in [6, 6.07) is 3.71. The van der Waals surface area contributed by atoms with E-state index in [1.807, 2.05) is 24.0 Å². The van der Waals surface area contributed by atoms with Gasteiger partial charge in [-0.2, -0.15) is 0 Å². The Kier molecular flexibility index (Phi) is 3.05. The lowest BCUT2D eigenvalue weighted by molar-refractivity contribution is 0.0793. The van der Waals surface area contributed by atoms with Crippen molar-refractivity contribution in [2.45, 2.75) is 18.2 Å². The van der Waals surface area contributed by atoms with Crippen LogP contribution >= 0.6 is 15.9 Å². The molecule has 15 heavy (non-hydrogen) atoms. The molecule has 3 nitrogen and oxygen atoms in total. The van der Waals surface area contributed by atoms with E-state index in [9.17, 15) is 4.79 Å². The monoisotopic (exact) mass is 268 g/mol. The molecule has 2 heterocycles. The van der Waals surface area contributed by atoms with Gasteiger partial charge in [-0.3, -0.25) is 9.78 Å². The molecule has 80 valence electrons. The van der Waals surface area contributed by atoms with Gasteiger partial charge in [-0.15, -0.1) is 0 Å². The largest absolute Gasteiger partial charge is 0.337 e. The summed E-state index contributed by atoms with van der Waals surface area (Å²) in [6.45, 7) is 3.55. The first-order chi connectivity index (χ1) is 7.16. The molecule has 0 N–H and O–H groups in total. The van der Waals surface area contributed by atoms with Crippen LogP contribution < -0.4 is 0 Å². The Morgan fingerprint density at radius 1 is 1.60 bits per heavy atom. The van der Waals surface area contributed by atoms with E-state index in [0.29, 0.717) is 10.4 Å². The zero-order chi connectivity index (χ0) is 10.8. The van der Waals surface area contributed by atoms with Crippen LogP contribution in [0.25, 0.3) is 0 Å². The van der Waals surface area contributed by atoms with Crippen LogP contribution in [0.5, 0.6) is 0 Å². The van der Waals surface area contributed by atoms with Crippen LogP contribution in [0.3, 0.4) is 0 Å². The molecule has 1 atom stereocenters. The standard InChI is InChI=1S/C11H13BrN2O/c1-8-2-3-9(6-13-8)11(15)14-5-4-10(12)7-14/h2-3,6,10H,4-5,7H2,1H3. The first kappa shape index (κ1) is 10.6. The zero-order valence-corrected chi connectivity index (χ0v) is 10.2. The number of nitrogens with zero attached hydrogens (tertiary/aromatic N) is 2. The molecule has 1 fully saturated rings. The predicted octanol–water partition coefficient (Wildman–Crippen LogP) is 2.00. The number of amides is 1. The molecule has 1 aromatic rings. The van der Waals surface area contributed by atoms with E-state index in [2.05, 4.69) is 20.9 Å². The van der Waals surface area contributed by atoms with E-state index in [0.717, 1.165) is 25.2 Å². The van der Waals surface area contributed by atoms with Gasteiger partial charge in [0.25, 0.3) is 5.91 Å². The number of aryl methyl sites for hydroxylation is 1. The molecular weight excluding hydrogens is 256 g/mol. The van der Waals surface area contributed by atoms with Gasteiger partial charge in [-0.1, -0.05) is 15.9 Å². The molecule has 1 aliphatic heterocycles. The molecule has 0 aromatic carbocycles. The summed E-state index contributed by atoms with van der Waals surface area (Å²) in [5.41, 5.74) is 1.62. The second kappa shape index (κ2) is 4.31. The minimum atomic E-state index is 0.0875. The van der Waals surface area contributed by atoms with E-state index in [1.165, 1.54) is 0 Å². The van der Waals surface area contributed by atoms with Crippen LogP contribution in [0.1, 0.15) is 22.5 Å². The molecule has 0 radical (unpaired) electrons. The van der Waals surface area contributed by atoms with Gasteiger partial charge >= 0.3 is 0 Å². The van der Waals surface area contributed by atoms with Crippen LogP contribution in [0.15, 0.2) is 18.3 Å². The third-order valence-corrected chi connectivity index (χ3v) is 3.32. The molecule has 1 unspecified atom stereocenters. The normalized spacial score (nSPS) is 20.7. The van der Waals surface area contributed by atoms with E-state index in [-0.39, 0.29) is 5.91 Å². The van der Waals surface area contributed by atoms with Crippen molar-refractivity contribution < 1.29 is 4.79 Å². The summed E-state index contributed by atoms with van der Waals surface area (Å²) >= 11 is 3.52. The molecule has 0 saturated carbocycles. The van der Waals surface area contributed by atoms with Gasteiger partial charge in [-0.25, -0.2) is 0 Å². The maximum absolute atomic E-state index is 12.0. The second-order valence-corrected chi connectivity index (χ2v) is 5.12. The maximum Gasteiger partial charge on any atom is 0.255 e. The molecule has 0 spiro atoms. The van der Waals surface area contributed by atoms with Crippen molar-refractivity contribution in [3.05, 3.63) is 29.6 Å². The average molecular weight is 269 g/mol. The highest BCUT2D eigenvalue weighted by Crippen LogP contribution is 2.18. The Hall–Kier alpha value is -0.900. The Morgan fingerprint density at radius 3 is 2.93 bits per heavy atom. The molecule has 0 aliphatic carbocycles. The lowest BCUT2D eigenvalue weighted by Crippen LogP contribution is -2.28. The number of rotatable bonds is 1. The fourth-order valence-corrected chi connectivity index (χ4v) is 2.23. The minimum absolute atomic E-state index is 0.0875. The highest BCUT2D eigenvalue weighted by atomic mass is 79.9. The number of hydrogen-bond donors (Lipinski definition) is 0. The smallest absolute Gasteiger partial charge is 0.255 e. The van der Waals surface area contributed by atoms with E-state index in [4.69, 9.17) is 0 Å². The average Bonchev–Trinajstić information content (AvgIpc) is 2.65. The summed E-state index contributed by atoms with van der Waals surface area (Å²) in [4.78, 5) is 18.4. The lowest BCUT2D eigenvalue weighted by atomic mass is 10.2. The first-order valence-corrected chi connectivity index (χ1v) is 5.94. The lowest BCUT2D eigenvalue weighted by Gasteiger charge is -2.15. The molecule has 1 saturated heterocycles. The number of carbonyl (C=O) groups excluding carboxylic acids is 1. The van der Waals surface area contributed by atoms with E-state index in [1.54, 1.807) is 6.20 Å². The topological polar surface area (TPSA) is 33.2 Å². The van der Waals surface area contributed by atoms with Crippen LogP contribution in [0.4, 0.5) is 0 Å². The fraction of sp³-hybridized carbons (Fsp3) is 0.455. The highest BCUT2D eigenvalue weighted by molar-refractivity contribution is 9.09. The number of carbonyl (C=O) groups is 1. The molecule has 0 bridgehead atoms. The quantitative estimate of drug-likeness (QED) is 0.730. The van der Waals surface area contributed by atoms with Crippen molar-refractivity contribution in [2.24, 2.45) is 0 Å². The third-order valence-electron chi connectivity index (χ3n) is 2.58. The molecule has 1 amide bonds. The van der Waals surface area contributed by atoms with Crippen molar-refractivity contribution in [1.82, 2.24) is 9.88 Å². The number of alkyl halides is 1. The Labute approximate surface area is 97.6 Å². The minimum Gasteiger partial charge on any atom is -0.337 e. The van der Waals surface area contributed by atoms with Crippen LogP contribution in [-0.4, -0.2) is 33.7 Å². The van der Waals surface area contributed by atoms with Gasteiger partial charge in [0.15, 0.2) is 0 Å². The highest BCUT2D eigenvalue weighted by Gasteiger charge is 2.25. The zero-order valence-electron chi connectivity index (χ0n) is 8.61. The van der Waals surface area contributed by atoms with Crippen molar-refractivity contribution in [2.75, 3.05) is 13.1 Å². The van der Waals surface area contributed by atoms with Crippen LogP contribution in [0.2, 0.25) is 0 Å². The number of aromatic nitrogens is 1. The van der Waals surface area contributed by atoms with Gasteiger partial charge in [0, 0.05) is 29.8 Å². The SMILES string of the molecule is Cc1ccc(C(=O)N2CCC(Br)C2)cn1. The Balaban J connectivity index is 2.11. The van der Waals surface area contributed by atoms with E-state index >= 15 is 0 Å². The summed E-state index contributed by atoms with van der Waals surface area (Å²) in [7, 11) is 0. The van der Waals surface area contributed by atoms with Crippen molar-refractivity contribution in [3.8, 4) is 0 Å². The van der Waals surface area contributed by atoms with Gasteiger partial charge < -0.3 is 4.90 Å². The number of pyridine rings is 1. The molecule has 1 aromatic heterocycles. The fourth-order valence-electron chi connectivity index (χ4n) is 1.68. The molecule has 1 aliphatic rings. The van der Waals surface area contributed by atoms with Gasteiger partial charge in [0.05, 0.1) is 5.56 Å². The van der Waals surface area contributed by atoms with Crippen molar-refractivity contribution >= 4 is 21.8 Å². The number of halogens is 1. The predicted molar refractivity (Wildman–Crippen MR) is 62.2 cm³/mol. The van der Waals surface area contributed by atoms with E-state index < -0.39 is 0 Å².